The number of hydrogen-bond acceptors (Lipinski definition) is 4. The molecule has 2 aliphatic rings. The van der Waals surface area contributed by atoms with Gasteiger partial charge in [0.2, 0.25) is 10.0 Å². The van der Waals surface area contributed by atoms with Crippen LogP contribution in [0.3, 0.4) is 0 Å². The molecule has 1 aliphatic heterocycles. The molecule has 0 bridgehead atoms. The zero-order chi connectivity index (χ0) is 22.7. The molecule has 0 spiro atoms. The van der Waals surface area contributed by atoms with Gasteiger partial charge in [-0.25, -0.2) is 22.9 Å². The van der Waals surface area contributed by atoms with E-state index in [0.29, 0.717) is 5.92 Å². The zero-order valence-corrected chi connectivity index (χ0v) is 19.5. The maximum Gasteiger partial charge on any atom is 0.319 e. The molecule has 3 aromatic rings. The van der Waals surface area contributed by atoms with E-state index in [1.54, 1.807) is 37.3 Å². The number of hydrogen-bond donors (Lipinski definition) is 2. The predicted molar refractivity (Wildman–Crippen MR) is 124 cm³/mol. The summed E-state index contributed by atoms with van der Waals surface area (Å²) in [5, 5.41) is 2.03. The number of benzene rings is 1. The second-order valence-electron chi connectivity index (χ2n) is 9.56. The van der Waals surface area contributed by atoms with E-state index in [-0.39, 0.29) is 16.5 Å². The number of aromatic nitrogens is 2. The van der Waals surface area contributed by atoms with Gasteiger partial charge in [0.1, 0.15) is 5.65 Å². The van der Waals surface area contributed by atoms with Gasteiger partial charge in [-0.3, -0.25) is 0 Å². The van der Waals surface area contributed by atoms with Gasteiger partial charge in [0.25, 0.3) is 0 Å². The Morgan fingerprint density at radius 3 is 2.59 bits per heavy atom. The summed E-state index contributed by atoms with van der Waals surface area (Å²) in [5.41, 5.74) is 2.42. The fraction of sp³-hybridized carbons (Fsp3) is 0.478. The lowest BCUT2D eigenvalue weighted by Crippen LogP contribution is -2.43. The molecule has 8 nitrogen and oxygen atoms in total. The van der Waals surface area contributed by atoms with Crippen molar-refractivity contribution >= 4 is 38.0 Å². The number of likely N-dealkylation sites (tertiary alicyclic amines) is 1. The molecule has 0 radical (unpaired) electrons. The summed E-state index contributed by atoms with van der Waals surface area (Å²) in [4.78, 5) is 23.9. The second-order valence-corrected chi connectivity index (χ2v) is 11.2. The minimum Gasteiger partial charge on any atom is -0.339 e. The molecule has 3 heterocycles. The molecule has 1 aliphatic carbocycles. The van der Waals surface area contributed by atoms with E-state index in [1.165, 1.54) is 5.56 Å². The van der Waals surface area contributed by atoms with Crippen LogP contribution in [0, 0.1) is 0 Å². The first kappa shape index (κ1) is 21.2. The number of piperidine rings is 1. The third kappa shape index (κ3) is 3.73. The molecule has 0 unspecified atom stereocenters. The minimum absolute atomic E-state index is 0.0535. The van der Waals surface area contributed by atoms with Gasteiger partial charge < -0.3 is 14.8 Å². The molecular formula is C23H29N5O3S. The zero-order valence-electron chi connectivity index (χ0n) is 18.7. The second kappa shape index (κ2) is 7.45. The SMILES string of the molecule is CN(C)C(=O)N1CCC(c2ccnc3[nH]c4cc(S(=O)(=O)NC5(C)CC5)ccc4c23)CC1. The fourth-order valence-corrected chi connectivity index (χ4v) is 6.16. The number of urea groups is 1. The predicted octanol–water partition coefficient (Wildman–Crippen LogP) is 3.41. The van der Waals surface area contributed by atoms with E-state index in [0.717, 1.165) is 60.7 Å². The van der Waals surface area contributed by atoms with Gasteiger partial charge in [0.15, 0.2) is 0 Å². The molecule has 1 aromatic carbocycles. The highest BCUT2D eigenvalue weighted by molar-refractivity contribution is 7.89. The maximum absolute atomic E-state index is 12.8. The van der Waals surface area contributed by atoms with Crippen molar-refractivity contribution in [1.29, 1.82) is 0 Å². The van der Waals surface area contributed by atoms with Crippen molar-refractivity contribution in [3.8, 4) is 0 Å². The van der Waals surface area contributed by atoms with E-state index in [1.807, 2.05) is 17.9 Å². The Morgan fingerprint density at radius 1 is 1.22 bits per heavy atom. The van der Waals surface area contributed by atoms with E-state index in [9.17, 15) is 13.2 Å². The number of nitrogens with zero attached hydrogens (tertiary/aromatic N) is 3. The normalized spacial score (nSPS) is 18.9. The Hall–Kier alpha value is -2.65. The van der Waals surface area contributed by atoms with Crippen molar-refractivity contribution in [2.75, 3.05) is 27.2 Å². The lowest BCUT2D eigenvalue weighted by molar-refractivity contribution is 0.156. The third-order valence-corrected chi connectivity index (χ3v) is 8.41. The van der Waals surface area contributed by atoms with Gasteiger partial charge in [0, 0.05) is 55.2 Å². The number of carbonyl (C=O) groups is 1. The van der Waals surface area contributed by atoms with Gasteiger partial charge >= 0.3 is 6.03 Å². The monoisotopic (exact) mass is 455 g/mol. The van der Waals surface area contributed by atoms with Gasteiger partial charge in [-0.2, -0.15) is 0 Å². The molecule has 2 aromatic heterocycles. The third-order valence-electron chi connectivity index (χ3n) is 6.78. The van der Waals surface area contributed by atoms with Gasteiger partial charge in [-0.15, -0.1) is 0 Å². The van der Waals surface area contributed by atoms with E-state index >= 15 is 0 Å². The largest absolute Gasteiger partial charge is 0.339 e. The van der Waals surface area contributed by atoms with Crippen LogP contribution in [0.5, 0.6) is 0 Å². The summed E-state index contributed by atoms with van der Waals surface area (Å²) >= 11 is 0. The van der Waals surface area contributed by atoms with Gasteiger partial charge in [-0.05, 0) is 62.3 Å². The fourth-order valence-electron chi connectivity index (χ4n) is 4.67. The summed E-state index contributed by atoms with van der Waals surface area (Å²) in [5.74, 6) is 0.325. The van der Waals surface area contributed by atoms with Crippen molar-refractivity contribution in [2.45, 2.75) is 49.0 Å². The van der Waals surface area contributed by atoms with E-state index in [2.05, 4.69) is 20.8 Å². The average molecular weight is 456 g/mol. The number of sulfonamides is 1. The summed E-state index contributed by atoms with van der Waals surface area (Å²) in [6.07, 6.45) is 5.32. The van der Waals surface area contributed by atoms with Gasteiger partial charge in [0.05, 0.1) is 4.90 Å². The Balaban J connectivity index is 1.47. The van der Waals surface area contributed by atoms with Crippen molar-refractivity contribution in [3.63, 3.8) is 0 Å². The van der Waals surface area contributed by atoms with Crippen molar-refractivity contribution < 1.29 is 13.2 Å². The molecule has 5 rings (SSSR count). The Kier molecular flexibility index (Phi) is 4.94. The van der Waals surface area contributed by atoms with Crippen LogP contribution in [-0.4, -0.2) is 66.9 Å². The highest BCUT2D eigenvalue weighted by atomic mass is 32.2. The van der Waals surface area contributed by atoms with E-state index in [4.69, 9.17) is 0 Å². The number of carbonyl (C=O) groups excluding carboxylic acids is 1. The maximum atomic E-state index is 12.8. The summed E-state index contributed by atoms with van der Waals surface area (Å²) in [6.45, 7) is 3.38. The number of rotatable bonds is 4. The summed E-state index contributed by atoms with van der Waals surface area (Å²) in [6, 6.07) is 7.38. The molecular weight excluding hydrogens is 426 g/mol. The van der Waals surface area contributed by atoms with Crippen LogP contribution in [0.2, 0.25) is 0 Å². The molecule has 0 atom stereocenters. The number of H-pyrrole nitrogens is 1. The number of nitrogens with one attached hydrogen (secondary N) is 2. The van der Waals surface area contributed by atoms with Crippen LogP contribution in [0.25, 0.3) is 21.9 Å². The Morgan fingerprint density at radius 2 is 1.94 bits per heavy atom. The average Bonchev–Trinajstić information content (AvgIpc) is 3.35. The first-order valence-electron chi connectivity index (χ1n) is 11.1. The molecule has 170 valence electrons. The molecule has 2 amide bonds. The van der Waals surface area contributed by atoms with E-state index < -0.39 is 10.0 Å². The van der Waals surface area contributed by atoms with Crippen LogP contribution in [0.4, 0.5) is 4.79 Å². The summed E-state index contributed by atoms with van der Waals surface area (Å²) < 4.78 is 28.4. The van der Waals surface area contributed by atoms with Crippen LogP contribution < -0.4 is 4.72 Å². The number of fused-ring (bicyclic) bond motifs is 3. The van der Waals surface area contributed by atoms with Gasteiger partial charge in [-0.1, -0.05) is 6.07 Å². The van der Waals surface area contributed by atoms with Crippen molar-refractivity contribution in [1.82, 2.24) is 24.5 Å². The van der Waals surface area contributed by atoms with Crippen LogP contribution in [0.1, 0.15) is 44.1 Å². The summed E-state index contributed by atoms with van der Waals surface area (Å²) in [7, 11) is -0.00922. The Bertz CT molecular complexity index is 1300. The molecule has 1 saturated heterocycles. The highest BCUT2D eigenvalue weighted by Crippen LogP contribution is 2.38. The van der Waals surface area contributed by atoms with Crippen LogP contribution >= 0.6 is 0 Å². The molecule has 2 N–H and O–H groups in total. The first-order valence-corrected chi connectivity index (χ1v) is 12.6. The highest BCUT2D eigenvalue weighted by Gasteiger charge is 2.41. The topological polar surface area (TPSA) is 98.4 Å². The standard InChI is InChI=1S/C23H29N5O3S/c1-23(9-10-23)26-32(30,31)16-4-5-18-19(14-16)25-21-20(18)17(6-11-24-21)15-7-12-28(13-8-15)22(29)27(2)3/h4-6,11,14-15,26H,7-10,12-13H2,1-3H3,(H,24,25). The molecule has 2 fully saturated rings. The number of pyridine rings is 1. The quantitative estimate of drug-likeness (QED) is 0.630. The van der Waals surface area contributed by atoms with Crippen molar-refractivity contribution in [2.24, 2.45) is 0 Å². The first-order chi connectivity index (χ1) is 15.2. The number of aromatic amines is 1. The van der Waals surface area contributed by atoms with Crippen LogP contribution in [0.15, 0.2) is 35.4 Å². The molecule has 9 heteroatoms. The molecule has 1 saturated carbocycles. The minimum atomic E-state index is -3.57. The van der Waals surface area contributed by atoms with Crippen LogP contribution in [-0.2, 0) is 10.0 Å². The number of amides is 2. The van der Waals surface area contributed by atoms with Crippen molar-refractivity contribution in [3.05, 3.63) is 36.0 Å². The smallest absolute Gasteiger partial charge is 0.319 e. The lowest BCUT2D eigenvalue weighted by atomic mass is 9.87. The molecule has 32 heavy (non-hydrogen) atoms. The Labute approximate surface area is 188 Å². The lowest BCUT2D eigenvalue weighted by Gasteiger charge is -2.34.